The third-order valence-electron chi connectivity index (χ3n) is 4.85. The third-order valence-corrected chi connectivity index (χ3v) is 7.20. The van der Waals surface area contributed by atoms with Gasteiger partial charge in [-0.25, -0.2) is 35.4 Å². The van der Waals surface area contributed by atoms with E-state index in [1.54, 1.807) is 4.72 Å². The monoisotopic (exact) mass is 516 g/mol. The molecule has 10 nitrogen and oxygen atoms in total. The fraction of sp³-hybridized carbons (Fsp3) is 0.300. The van der Waals surface area contributed by atoms with Crippen molar-refractivity contribution in [3.05, 3.63) is 65.7 Å². The Kier molecular flexibility index (Phi) is 7.53. The van der Waals surface area contributed by atoms with Crippen LogP contribution in [0.5, 0.6) is 0 Å². The predicted octanol–water partition coefficient (Wildman–Crippen LogP) is 0.973. The molecule has 0 aliphatic carbocycles. The Morgan fingerprint density at radius 3 is 2.29 bits per heavy atom. The predicted molar refractivity (Wildman–Crippen MR) is 117 cm³/mol. The van der Waals surface area contributed by atoms with Crippen LogP contribution in [-0.4, -0.2) is 63.6 Å². The highest BCUT2D eigenvalue weighted by Gasteiger charge is 2.38. The van der Waals surface area contributed by atoms with E-state index < -0.39 is 49.7 Å². The molecule has 1 fully saturated rings. The van der Waals surface area contributed by atoms with E-state index >= 15 is 0 Å². The normalized spacial score (nSPS) is 15.7. The third kappa shape index (κ3) is 6.27. The number of amides is 3. The molecule has 0 bridgehead atoms. The zero-order valence-corrected chi connectivity index (χ0v) is 19.6. The first kappa shape index (κ1) is 25.5. The Morgan fingerprint density at radius 2 is 1.68 bits per heavy atom. The highest BCUT2D eigenvalue weighted by atomic mass is 32.2. The average molecular weight is 517 g/mol. The molecule has 34 heavy (non-hydrogen) atoms. The van der Waals surface area contributed by atoms with Gasteiger partial charge in [0.25, 0.3) is 15.9 Å². The minimum Gasteiger partial charge on any atom is -0.325 e. The Hall–Kier alpha value is -3.10. The van der Waals surface area contributed by atoms with Crippen molar-refractivity contribution in [3.63, 3.8) is 0 Å². The lowest BCUT2D eigenvalue weighted by Gasteiger charge is -2.29. The number of hydrazine groups is 1. The van der Waals surface area contributed by atoms with Crippen molar-refractivity contribution in [1.29, 1.82) is 0 Å². The number of benzene rings is 2. The molecule has 1 atom stereocenters. The number of nitrogens with one attached hydrogen (secondary N) is 2. The molecule has 0 radical (unpaired) electrons. The second kappa shape index (κ2) is 10.0. The van der Waals surface area contributed by atoms with Gasteiger partial charge in [-0.05, 0) is 42.3 Å². The van der Waals surface area contributed by atoms with Crippen molar-refractivity contribution in [2.75, 3.05) is 19.3 Å². The van der Waals surface area contributed by atoms with E-state index in [4.69, 9.17) is 0 Å². The number of hydrogen-bond acceptors (Lipinski definition) is 6. The van der Waals surface area contributed by atoms with Crippen LogP contribution < -0.4 is 10.0 Å². The van der Waals surface area contributed by atoms with E-state index in [-0.39, 0.29) is 30.8 Å². The molecule has 184 valence electrons. The summed E-state index contributed by atoms with van der Waals surface area (Å²) in [7, 11) is -8.25. The number of carbonyl (C=O) groups excluding carboxylic acids is 2. The quantitative estimate of drug-likeness (QED) is 0.564. The van der Waals surface area contributed by atoms with Crippen LogP contribution in [0.3, 0.4) is 0 Å². The van der Waals surface area contributed by atoms with E-state index in [0.717, 1.165) is 39.9 Å². The average Bonchev–Trinajstić information content (AvgIpc) is 3.24. The Morgan fingerprint density at radius 1 is 1.00 bits per heavy atom. The summed E-state index contributed by atoms with van der Waals surface area (Å²) in [6, 6.07) is 6.89. The van der Waals surface area contributed by atoms with Gasteiger partial charge in [0.15, 0.2) is 0 Å². The number of urea groups is 1. The number of hydrogen-bond donors (Lipinski definition) is 2. The molecule has 0 aromatic heterocycles. The Balaban J connectivity index is 1.84. The van der Waals surface area contributed by atoms with Gasteiger partial charge in [-0.1, -0.05) is 18.2 Å². The van der Waals surface area contributed by atoms with Crippen molar-refractivity contribution >= 4 is 32.0 Å². The fourth-order valence-electron chi connectivity index (χ4n) is 3.33. The second-order valence-electron chi connectivity index (χ2n) is 7.56. The minimum absolute atomic E-state index is 0.0165. The van der Waals surface area contributed by atoms with Crippen molar-refractivity contribution in [3.8, 4) is 0 Å². The van der Waals surface area contributed by atoms with E-state index in [0.29, 0.717) is 5.56 Å². The van der Waals surface area contributed by atoms with Crippen molar-refractivity contribution < 1.29 is 35.2 Å². The Labute approximate surface area is 195 Å². The summed E-state index contributed by atoms with van der Waals surface area (Å²) in [5.74, 6) is -2.35. The SMILES string of the molecule is CS(=O)(=O)NC(=O)[C@@H](Cc1ccc(F)cc1)NC(=O)N1CCCN1S(=O)(=O)c1cccc(F)c1. The molecular formula is C20H22F2N4O6S2. The molecular weight excluding hydrogens is 494 g/mol. The molecule has 1 aliphatic heterocycles. The molecule has 3 rings (SSSR count). The first-order chi connectivity index (χ1) is 15.9. The lowest BCUT2D eigenvalue weighted by molar-refractivity contribution is -0.121. The molecule has 0 saturated carbocycles. The Bertz CT molecular complexity index is 1290. The second-order valence-corrected chi connectivity index (χ2v) is 11.1. The molecule has 14 heteroatoms. The summed E-state index contributed by atoms with van der Waals surface area (Å²) in [5, 5.41) is 3.20. The van der Waals surface area contributed by atoms with Gasteiger partial charge < -0.3 is 5.32 Å². The summed E-state index contributed by atoms with van der Waals surface area (Å²) in [5.41, 5.74) is 0.418. The molecule has 2 aromatic rings. The molecule has 1 aliphatic rings. The van der Waals surface area contributed by atoms with Gasteiger partial charge in [-0.2, -0.15) is 0 Å². The smallest absolute Gasteiger partial charge is 0.325 e. The van der Waals surface area contributed by atoms with Gasteiger partial charge in [-0.3, -0.25) is 9.52 Å². The molecule has 3 amide bonds. The molecule has 0 unspecified atom stereocenters. The lowest BCUT2D eigenvalue weighted by atomic mass is 10.1. The fourth-order valence-corrected chi connectivity index (χ4v) is 5.38. The van der Waals surface area contributed by atoms with Crippen LogP contribution in [0.4, 0.5) is 13.6 Å². The van der Waals surface area contributed by atoms with Gasteiger partial charge in [-0.15, -0.1) is 4.41 Å². The van der Waals surface area contributed by atoms with Crippen LogP contribution in [0, 0.1) is 11.6 Å². The zero-order valence-electron chi connectivity index (χ0n) is 17.9. The summed E-state index contributed by atoms with van der Waals surface area (Å²) >= 11 is 0. The van der Waals surface area contributed by atoms with Gasteiger partial charge in [0.05, 0.1) is 11.2 Å². The van der Waals surface area contributed by atoms with Gasteiger partial charge >= 0.3 is 6.03 Å². The maximum absolute atomic E-state index is 13.6. The van der Waals surface area contributed by atoms with E-state index in [2.05, 4.69) is 5.32 Å². The summed E-state index contributed by atoms with van der Waals surface area (Å²) in [4.78, 5) is 25.2. The lowest BCUT2D eigenvalue weighted by Crippen LogP contribution is -2.56. The van der Waals surface area contributed by atoms with Crippen LogP contribution in [0.15, 0.2) is 53.4 Å². The van der Waals surface area contributed by atoms with E-state index in [1.807, 2.05) is 0 Å². The molecule has 1 heterocycles. The number of nitrogens with zero attached hydrogens (tertiary/aromatic N) is 2. The highest BCUT2D eigenvalue weighted by Crippen LogP contribution is 2.23. The standard InChI is InChI=1S/C20H22F2N4O6S2/c1-33(29,30)24-19(27)18(12-14-6-8-15(21)9-7-14)23-20(28)25-10-3-11-26(25)34(31,32)17-5-2-4-16(22)13-17/h2,4-9,13,18H,3,10-12H2,1H3,(H,23,28)(H,24,27)/t18-/m1/s1. The molecule has 2 N–H and O–H groups in total. The molecule has 1 saturated heterocycles. The van der Waals surface area contributed by atoms with Crippen LogP contribution in [0.25, 0.3) is 0 Å². The van der Waals surface area contributed by atoms with Gasteiger partial charge in [0.1, 0.15) is 17.7 Å². The zero-order chi connectivity index (χ0) is 25.1. The summed E-state index contributed by atoms with van der Waals surface area (Å²) in [6.45, 7) is -0.0816. The number of sulfonamides is 2. The minimum atomic E-state index is -4.28. The number of rotatable bonds is 7. The van der Waals surface area contributed by atoms with Crippen LogP contribution in [0.2, 0.25) is 0 Å². The molecule has 2 aromatic carbocycles. The summed E-state index contributed by atoms with van der Waals surface area (Å²) in [6.07, 6.45) is 0.841. The van der Waals surface area contributed by atoms with Crippen LogP contribution >= 0.6 is 0 Å². The van der Waals surface area contributed by atoms with E-state index in [9.17, 15) is 35.2 Å². The first-order valence-corrected chi connectivity index (χ1v) is 13.3. The van der Waals surface area contributed by atoms with Crippen LogP contribution in [-0.2, 0) is 31.3 Å². The maximum Gasteiger partial charge on any atom is 0.333 e. The first-order valence-electron chi connectivity index (χ1n) is 9.99. The topological polar surface area (TPSA) is 133 Å². The summed E-state index contributed by atoms with van der Waals surface area (Å²) < 4.78 is 78.3. The van der Waals surface area contributed by atoms with Crippen LogP contribution in [0.1, 0.15) is 12.0 Å². The van der Waals surface area contributed by atoms with Crippen molar-refractivity contribution in [2.45, 2.75) is 23.8 Å². The van der Waals surface area contributed by atoms with E-state index in [1.165, 1.54) is 24.3 Å². The van der Waals surface area contributed by atoms with Crippen molar-refractivity contribution in [1.82, 2.24) is 19.5 Å². The number of carbonyl (C=O) groups is 2. The van der Waals surface area contributed by atoms with Crippen molar-refractivity contribution in [2.24, 2.45) is 0 Å². The van der Waals surface area contributed by atoms with Gasteiger partial charge in [0.2, 0.25) is 10.0 Å². The number of halogens is 2. The van der Waals surface area contributed by atoms with Gasteiger partial charge in [0, 0.05) is 19.5 Å². The largest absolute Gasteiger partial charge is 0.333 e. The highest BCUT2D eigenvalue weighted by molar-refractivity contribution is 7.89. The maximum atomic E-state index is 13.6. The molecule has 0 spiro atoms.